The first kappa shape index (κ1) is 16.3. The highest BCUT2D eigenvalue weighted by Crippen LogP contribution is 2.47. The molecule has 0 saturated heterocycles. The van der Waals surface area contributed by atoms with Gasteiger partial charge in [-0.1, -0.05) is 35.4 Å². The van der Waals surface area contributed by atoms with Crippen molar-refractivity contribution < 1.29 is 4.79 Å². The predicted molar refractivity (Wildman–Crippen MR) is 88.1 cm³/mol. The molecule has 1 aromatic rings. The summed E-state index contributed by atoms with van der Waals surface area (Å²) in [5.41, 5.74) is 2.51. The molecule has 21 heavy (non-hydrogen) atoms. The van der Waals surface area contributed by atoms with E-state index in [9.17, 15) is 4.79 Å². The molecule has 1 heterocycles. The molecule has 0 aromatic heterocycles. The van der Waals surface area contributed by atoms with Gasteiger partial charge in [0.25, 0.3) is 0 Å². The third-order valence-corrected chi connectivity index (χ3v) is 4.29. The second kappa shape index (κ2) is 7.30. The van der Waals surface area contributed by atoms with Crippen LogP contribution in [0, 0.1) is 5.92 Å². The van der Waals surface area contributed by atoms with Crippen LogP contribution in [-0.2, 0) is 4.79 Å². The standard InChI is InChI=1S/C16H19ClN2O.ClH/c17-13-3-1-2-12(8-13)14-9-15(14)16(20)19-10-11-4-6-18-7-5-11;/h1-4,8,14-15,18H,5-7,9-10H2,(H,19,20);1H. The van der Waals surface area contributed by atoms with E-state index in [2.05, 4.69) is 22.8 Å². The Bertz CT molecular complexity index is 545. The number of carbonyl (C=O) groups is 1. The highest BCUT2D eigenvalue weighted by Gasteiger charge is 2.43. The zero-order chi connectivity index (χ0) is 13.9. The summed E-state index contributed by atoms with van der Waals surface area (Å²) in [6, 6.07) is 7.84. The van der Waals surface area contributed by atoms with Gasteiger partial charge in [0.15, 0.2) is 0 Å². The Morgan fingerprint density at radius 3 is 3.00 bits per heavy atom. The number of nitrogens with one attached hydrogen (secondary N) is 2. The van der Waals surface area contributed by atoms with E-state index >= 15 is 0 Å². The average molecular weight is 327 g/mol. The molecule has 2 aliphatic rings. The van der Waals surface area contributed by atoms with E-state index in [0.717, 1.165) is 31.0 Å². The fourth-order valence-corrected chi connectivity index (χ4v) is 2.95. The molecule has 5 heteroatoms. The van der Waals surface area contributed by atoms with Crippen molar-refractivity contribution in [1.29, 1.82) is 0 Å². The molecule has 114 valence electrons. The van der Waals surface area contributed by atoms with Crippen molar-refractivity contribution in [3.8, 4) is 0 Å². The number of amides is 1. The van der Waals surface area contributed by atoms with Crippen molar-refractivity contribution in [3.63, 3.8) is 0 Å². The Morgan fingerprint density at radius 2 is 2.29 bits per heavy atom. The number of carbonyl (C=O) groups excluding carboxylic acids is 1. The smallest absolute Gasteiger partial charge is 0.224 e. The predicted octanol–water partition coefficient (Wildman–Crippen LogP) is 2.90. The maximum Gasteiger partial charge on any atom is 0.224 e. The molecule has 0 radical (unpaired) electrons. The Kier molecular flexibility index (Phi) is 5.68. The summed E-state index contributed by atoms with van der Waals surface area (Å²) >= 11 is 5.99. The molecular formula is C16H20Cl2N2O. The second-order valence-corrected chi connectivity index (χ2v) is 5.97. The molecule has 2 atom stereocenters. The summed E-state index contributed by atoms with van der Waals surface area (Å²) in [5.74, 6) is 0.640. The van der Waals surface area contributed by atoms with Gasteiger partial charge in [0.05, 0.1) is 0 Å². The molecule has 3 rings (SSSR count). The van der Waals surface area contributed by atoms with Gasteiger partial charge >= 0.3 is 0 Å². The summed E-state index contributed by atoms with van der Waals surface area (Å²) in [7, 11) is 0. The maximum absolute atomic E-state index is 12.1. The van der Waals surface area contributed by atoms with Gasteiger partial charge in [0.2, 0.25) is 5.91 Å². The first-order valence-electron chi connectivity index (χ1n) is 7.16. The fraction of sp³-hybridized carbons (Fsp3) is 0.438. The molecule has 1 amide bonds. The lowest BCUT2D eigenvalue weighted by molar-refractivity contribution is -0.122. The van der Waals surface area contributed by atoms with Gasteiger partial charge in [-0.2, -0.15) is 0 Å². The quantitative estimate of drug-likeness (QED) is 0.835. The first-order chi connectivity index (χ1) is 9.74. The van der Waals surface area contributed by atoms with Crippen molar-refractivity contribution in [3.05, 3.63) is 46.5 Å². The van der Waals surface area contributed by atoms with E-state index in [1.807, 2.05) is 18.2 Å². The normalized spacial score (nSPS) is 23.8. The van der Waals surface area contributed by atoms with Crippen LogP contribution in [0.5, 0.6) is 0 Å². The van der Waals surface area contributed by atoms with Crippen molar-refractivity contribution in [1.82, 2.24) is 10.6 Å². The van der Waals surface area contributed by atoms with Crippen molar-refractivity contribution in [2.45, 2.75) is 18.8 Å². The molecule has 1 saturated carbocycles. The van der Waals surface area contributed by atoms with Crippen molar-refractivity contribution in [2.75, 3.05) is 19.6 Å². The minimum atomic E-state index is 0. The number of benzene rings is 1. The van der Waals surface area contributed by atoms with Crippen LogP contribution in [0.4, 0.5) is 0 Å². The molecular weight excluding hydrogens is 307 g/mol. The first-order valence-corrected chi connectivity index (χ1v) is 7.53. The molecule has 3 nitrogen and oxygen atoms in total. The molecule has 2 unspecified atom stereocenters. The van der Waals surface area contributed by atoms with Crippen molar-refractivity contribution in [2.24, 2.45) is 5.92 Å². The van der Waals surface area contributed by atoms with Gasteiger partial charge in [-0.25, -0.2) is 0 Å². The van der Waals surface area contributed by atoms with E-state index in [0.29, 0.717) is 12.5 Å². The highest BCUT2D eigenvalue weighted by molar-refractivity contribution is 6.30. The maximum atomic E-state index is 12.1. The summed E-state index contributed by atoms with van der Waals surface area (Å²) < 4.78 is 0. The largest absolute Gasteiger partial charge is 0.352 e. The monoisotopic (exact) mass is 326 g/mol. The number of hydrogen-bond donors (Lipinski definition) is 2. The van der Waals surface area contributed by atoms with E-state index < -0.39 is 0 Å². The number of hydrogen-bond acceptors (Lipinski definition) is 2. The van der Waals surface area contributed by atoms with Crippen LogP contribution in [0.1, 0.15) is 24.3 Å². The fourth-order valence-electron chi connectivity index (χ4n) is 2.75. The summed E-state index contributed by atoms with van der Waals surface area (Å²) in [6.07, 6.45) is 4.14. The van der Waals surface area contributed by atoms with E-state index in [1.165, 1.54) is 11.1 Å². The van der Waals surface area contributed by atoms with E-state index in [1.54, 1.807) is 0 Å². The van der Waals surface area contributed by atoms with Gasteiger partial charge in [0.1, 0.15) is 0 Å². The molecule has 1 aliphatic heterocycles. The zero-order valence-electron chi connectivity index (χ0n) is 11.8. The van der Waals surface area contributed by atoms with Gasteiger partial charge in [0, 0.05) is 24.0 Å². The summed E-state index contributed by atoms with van der Waals surface area (Å²) in [5, 5.41) is 7.07. The molecule has 1 aliphatic carbocycles. The molecule has 0 bridgehead atoms. The van der Waals surface area contributed by atoms with Gasteiger partial charge < -0.3 is 10.6 Å². The third-order valence-electron chi connectivity index (χ3n) is 4.05. The van der Waals surface area contributed by atoms with Gasteiger partial charge in [-0.15, -0.1) is 12.4 Å². The highest BCUT2D eigenvalue weighted by atomic mass is 35.5. The lowest BCUT2D eigenvalue weighted by Crippen LogP contribution is -2.30. The Labute approximate surface area is 136 Å². The molecule has 1 fully saturated rings. The SMILES string of the molecule is Cl.O=C(NCC1=CCNCC1)C1CC1c1cccc(Cl)c1. The van der Waals surface area contributed by atoms with Gasteiger partial charge in [-0.3, -0.25) is 4.79 Å². The Morgan fingerprint density at radius 1 is 1.43 bits per heavy atom. The average Bonchev–Trinajstić information content (AvgIpc) is 3.26. The topological polar surface area (TPSA) is 41.1 Å². The van der Waals surface area contributed by atoms with Crippen molar-refractivity contribution >= 4 is 29.9 Å². The minimum Gasteiger partial charge on any atom is -0.352 e. The lowest BCUT2D eigenvalue weighted by Gasteiger charge is -2.14. The number of halogens is 2. The van der Waals surface area contributed by atoms with E-state index in [-0.39, 0.29) is 24.2 Å². The van der Waals surface area contributed by atoms with Crippen LogP contribution in [0.15, 0.2) is 35.9 Å². The van der Waals surface area contributed by atoms with Crippen LogP contribution in [0.25, 0.3) is 0 Å². The van der Waals surface area contributed by atoms with E-state index in [4.69, 9.17) is 11.6 Å². The molecule has 1 aromatic carbocycles. The van der Waals surface area contributed by atoms with Crippen LogP contribution >= 0.6 is 24.0 Å². The third kappa shape index (κ3) is 4.22. The van der Waals surface area contributed by atoms with Gasteiger partial charge in [-0.05, 0) is 43.0 Å². The molecule has 2 N–H and O–H groups in total. The van der Waals surface area contributed by atoms with Crippen LogP contribution in [0.3, 0.4) is 0 Å². The van der Waals surface area contributed by atoms with Crippen LogP contribution in [-0.4, -0.2) is 25.5 Å². The second-order valence-electron chi connectivity index (χ2n) is 5.54. The zero-order valence-corrected chi connectivity index (χ0v) is 13.3. The Hall–Kier alpha value is -1.03. The summed E-state index contributed by atoms with van der Waals surface area (Å²) in [4.78, 5) is 12.1. The minimum absolute atomic E-state index is 0. The summed E-state index contributed by atoms with van der Waals surface area (Å²) in [6.45, 7) is 2.62. The lowest BCUT2D eigenvalue weighted by atomic mass is 10.1. The van der Waals surface area contributed by atoms with Crippen LogP contribution in [0.2, 0.25) is 5.02 Å². The Balaban J connectivity index is 0.00000161. The number of rotatable bonds is 4. The van der Waals surface area contributed by atoms with Crippen LogP contribution < -0.4 is 10.6 Å². The molecule has 0 spiro atoms.